The van der Waals surface area contributed by atoms with Crippen molar-refractivity contribution in [2.45, 2.75) is 18.6 Å². The Balaban J connectivity index is 1.36. The summed E-state index contributed by atoms with van der Waals surface area (Å²) in [4.78, 5) is 16.9. The van der Waals surface area contributed by atoms with Crippen LogP contribution in [-0.4, -0.2) is 62.8 Å². The highest BCUT2D eigenvalue weighted by Gasteiger charge is 2.35. The van der Waals surface area contributed by atoms with E-state index in [4.69, 9.17) is 23.2 Å². The second-order valence-corrected chi connectivity index (χ2v) is 11.2. The van der Waals surface area contributed by atoms with Crippen LogP contribution in [0.4, 0.5) is 10.1 Å². The van der Waals surface area contributed by atoms with Crippen LogP contribution in [0, 0.1) is 11.7 Å². The minimum Gasteiger partial charge on any atom is -0.366 e. The largest absolute Gasteiger partial charge is 0.366 e. The number of hydrogen-bond donors (Lipinski definition) is 0. The molecule has 4 rings (SSSR count). The van der Waals surface area contributed by atoms with E-state index in [1.807, 2.05) is 4.90 Å². The number of piperidine rings is 1. The molecule has 2 aromatic rings. The molecule has 6 nitrogen and oxygen atoms in total. The highest BCUT2D eigenvalue weighted by atomic mass is 35.5. The fraction of sp³-hybridized carbons (Fsp3) is 0.435. The van der Waals surface area contributed by atoms with E-state index in [1.54, 1.807) is 41.3 Å². The zero-order valence-corrected chi connectivity index (χ0v) is 20.4. The zero-order valence-electron chi connectivity index (χ0n) is 18.1. The van der Waals surface area contributed by atoms with Gasteiger partial charge in [-0.2, -0.15) is 0 Å². The summed E-state index contributed by atoms with van der Waals surface area (Å²) in [5, 5.41) is 0.683. The standard InChI is InChI=1S/C23H26Cl2FN3O3S/c24-19-8-7-17(14-20(19)25)16-33(31,32)29-9-3-4-18(15-29)23(30)28-12-10-27(11-13-28)22-6-2-1-5-21(22)26/h1-2,5-8,14,18H,3-4,9-13,15-16H2/t18-/m0/s1. The van der Waals surface area contributed by atoms with Gasteiger partial charge in [0, 0.05) is 39.3 Å². The first-order chi connectivity index (χ1) is 15.7. The fourth-order valence-corrected chi connectivity index (χ4v) is 6.38. The van der Waals surface area contributed by atoms with Gasteiger partial charge in [0.15, 0.2) is 0 Å². The average molecular weight is 514 g/mol. The van der Waals surface area contributed by atoms with Gasteiger partial charge in [-0.25, -0.2) is 17.1 Å². The van der Waals surface area contributed by atoms with Gasteiger partial charge in [0.1, 0.15) is 5.82 Å². The highest BCUT2D eigenvalue weighted by Crippen LogP contribution is 2.27. The van der Waals surface area contributed by atoms with Crippen LogP contribution >= 0.6 is 23.2 Å². The van der Waals surface area contributed by atoms with E-state index in [0.29, 0.717) is 66.9 Å². The van der Waals surface area contributed by atoms with Crippen molar-refractivity contribution in [1.29, 1.82) is 0 Å². The maximum absolute atomic E-state index is 14.1. The topological polar surface area (TPSA) is 60.9 Å². The van der Waals surface area contributed by atoms with Gasteiger partial charge in [0.05, 0.1) is 27.4 Å². The Morgan fingerprint density at radius 2 is 1.73 bits per heavy atom. The number of hydrogen-bond acceptors (Lipinski definition) is 4. The number of piperazine rings is 1. The Kier molecular flexibility index (Phi) is 7.48. The van der Waals surface area contributed by atoms with E-state index in [1.165, 1.54) is 10.4 Å². The molecule has 0 aromatic heterocycles. The van der Waals surface area contributed by atoms with Gasteiger partial charge in [-0.15, -0.1) is 0 Å². The van der Waals surface area contributed by atoms with E-state index >= 15 is 0 Å². The van der Waals surface area contributed by atoms with Crippen molar-refractivity contribution in [2.24, 2.45) is 5.92 Å². The number of benzene rings is 2. The summed E-state index contributed by atoms with van der Waals surface area (Å²) in [7, 11) is -3.60. The van der Waals surface area contributed by atoms with E-state index in [9.17, 15) is 17.6 Å². The smallest absolute Gasteiger partial charge is 0.227 e. The van der Waals surface area contributed by atoms with Gasteiger partial charge in [0.2, 0.25) is 15.9 Å². The third kappa shape index (κ3) is 5.62. The number of carbonyl (C=O) groups excluding carboxylic acids is 1. The lowest BCUT2D eigenvalue weighted by atomic mass is 9.97. The summed E-state index contributed by atoms with van der Waals surface area (Å²) < 4.78 is 41.5. The molecule has 0 radical (unpaired) electrons. The lowest BCUT2D eigenvalue weighted by Gasteiger charge is -2.39. The summed E-state index contributed by atoms with van der Waals surface area (Å²) >= 11 is 11.9. The van der Waals surface area contributed by atoms with Gasteiger partial charge >= 0.3 is 0 Å². The van der Waals surface area contributed by atoms with Crippen LogP contribution < -0.4 is 4.90 Å². The number of rotatable bonds is 5. The average Bonchev–Trinajstić information content (AvgIpc) is 2.81. The molecule has 2 fully saturated rings. The molecule has 2 aliphatic heterocycles. The van der Waals surface area contributed by atoms with Crippen molar-refractivity contribution in [3.05, 3.63) is 63.9 Å². The summed E-state index contributed by atoms with van der Waals surface area (Å²) in [6, 6.07) is 11.4. The second kappa shape index (κ2) is 10.2. The SMILES string of the molecule is O=C([C@H]1CCCN(S(=O)(=O)Cc2ccc(Cl)c(Cl)c2)C1)N1CCN(c2ccccc2F)CC1. The number of carbonyl (C=O) groups is 1. The van der Waals surface area contributed by atoms with Crippen molar-refractivity contribution in [1.82, 2.24) is 9.21 Å². The van der Waals surface area contributed by atoms with Crippen LogP contribution in [0.1, 0.15) is 18.4 Å². The van der Waals surface area contributed by atoms with Gasteiger partial charge in [0.25, 0.3) is 0 Å². The van der Waals surface area contributed by atoms with E-state index in [-0.39, 0.29) is 29.9 Å². The molecule has 2 heterocycles. The summed E-state index contributed by atoms with van der Waals surface area (Å²) in [6.45, 7) is 2.63. The number of anilines is 1. The van der Waals surface area contributed by atoms with Crippen molar-refractivity contribution < 1.29 is 17.6 Å². The molecule has 0 spiro atoms. The molecule has 10 heteroatoms. The first kappa shape index (κ1) is 24.3. The second-order valence-electron chi connectivity index (χ2n) is 8.47. The molecule has 2 aromatic carbocycles. The van der Waals surface area contributed by atoms with Gasteiger partial charge in [-0.1, -0.05) is 41.4 Å². The van der Waals surface area contributed by atoms with E-state index in [2.05, 4.69) is 0 Å². The minimum atomic E-state index is -3.60. The molecule has 2 aliphatic rings. The molecule has 0 aliphatic carbocycles. The van der Waals surface area contributed by atoms with Gasteiger partial charge in [-0.05, 0) is 42.7 Å². The Morgan fingerprint density at radius 3 is 2.42 bits per heavy atom. The maximum Gasteiger partial charge on any atom is 0.227 e. The van der Waals surface area contributed by atoms with Crippen molar-refractivity contribution in [3.63, 3.8) is 0 Å². The van der Waals surface area contributed by atoms with Gasteiger partial charge < -0.3 is 9.80 Å². The molecule has 1 amide bonds. The first-order valence-corrected chi connectivity index (χ1v) is 13.3. The molecular formula is C23H26Cl2FN3O3S. The van der Waals surface area contributed by atoms with E-state index < -0.39 is 10.0 Å². The lowest BCUT2D eigenvalue weighted by molar-refractivity contribution is -0.137. The monoisotopic (exact) mass is 513 g/mol. The molecule has 0 N–H and O–H groups in total. The van der Waals surface area contributed by atoms with Crippen LogP contribution in [0.2, 0.25) is 10.0 Å². The summed E-state index contributed by atoms with van der Waals surface area (Å²) in [5.74, 6) is -0.862. The predicted octanol–water partition coefficient (Wildman–Crippen LogP) is 4.02. The number of sulfonamides is 1. The minimum absolute atomic E-state index is 0.0300. The third-order valence-corrected chi connectivity index (χ3v) is 8.80. The van der Waals surface area contributed by atoms with Gasteiger partial charge in [-0.3, -0.25) is 4.79 Å². The molecule has 33 heavy (non-hydrogen) atoms. The van der Waals surface area contributed by atoms with Crippen LogP contribution in [0.15, 0.2) is 42.5 Å². The maximum atomic E-state index is 14.1. The molecule has 0 unspecified atom stereocenters. The molecule has 2 saturated heterocycles. The Morgan fingerprint density at radius 1 is 1.00 bits per heavy atom. The summed E-state index contributed by atoms with van der Waals surface area (Å²) in [6.07, 6.45) is 1.29. The molecular weight excluding hydrogens is 488 g/mol. The van der Waals surface area contributed by atoms with Crippen molar-refractivity contribution in [2.75, 3.05) is 44.2 Å². The Bertz CT molecular complexity index is 1120. The van der Waals surface area contributed by atoms with Crippen LogP contribution in [0.3, 0.4) is 0 Å². The van der Waals surface area contributed by atoms with Crippen LogP contribution in [0.5, 0.6) is 0 Å². The molecule has 1 atom stereocenters. The molecule has 178 valence electrons. The first-order valence-electron chi connectivity index (χ1n) is 10.9. The molecule has 0 saturated carbocycles. The zero-order chi connectivity index (χ0) is 23.6. The Labute approximate surface area is 203 Å². The number of nitrogens with zero attached hydrogens (tertiary/aromatic N) is 3. The fourth-order valence-electron chi connectivity index (χ4n) is 4.46. The van der Waals surface area contributed by atoms with Crippen LogP contribution in [-0.2, 0) is 20.6 Å². The van der Waals surface area contributed by atoms with Crippen molar-refractivity contribution in [3.8, 4) is 0 Å². The van der Waals surface area contributed by atoms with E-state index in [0.717, 1.165) is 0 Å². The highest BCUT2D eigenvalue weighted by molar-refractivity contribution is 7.88. The quantitative estimate of drug-likeness (QED) is 0.605. The number of halogens is 3. The van der Waals surface area contributed by atoms with Crippen LogP contribution in [0.25, 0.3) is 0 Å². The summed E-state index contributed by atoms with van der Waals surface area (Å²) in [5.41, 5.74) is 1.10. The normalized spacial score (nSPS) is 20.2. The Hall–Kier alpha value is -1.87. The number of amides is 1. The van der Waals surface area contributed by atoms with Crippen molar-refractivity contribution >= 4 is 44.8 Å². The molecule has 0 bridgehead atoms. The third-order valence-electron chi connectivity index (χ3n) is 6.24. The predicted molar refractivity (Wildman–Crippen MR) is 129 cm³/mol. The number of para-hydroxylation sites is 1. The lowest BCUT2D eigenvalue weighted by Crippen LogP contribution is -2.53.